The molecule has 0 unspecified atom stereocenters. The molecule has 22 heavy (non-hydrogen) atoms. The highest BCUT2D eigenvalue weighted by Crippen LogP contribution is 2.28. The first-order valence-electron chi connectivity index (χ1n) is 7.41. The lowest BCUT2D eigenvalue weighted by Crippen LogP contribution is -2.46. The van der Waals surface area contributed by atoms with Gasteiger partial charge in [0.1, 0.15) is 11.6 Å². The Balaban J connectivity index is 1.77. The first kappa shape index (κ1) is 15.4. The summed E-state index contributed by atoms with van der Waals surface area (Å²) in [7, 11) is 1.65. The molecule has 1 aromatic carbocycles. The van der Waals surface area contributed by atoms with Crippen LogP contribution in [0.3, 0.4) is 0 Å². The molecule has 1 N–H and O–H groups in total. The van der Waals surface area contributed by atoms with Crippen LogP contribution in [0, 0.1) is 0 Å². The van der Waals surface area contributed by atoms with E-state index in [1.165, 1.54) is 0 Å². The maximum atomic E-state index is 10.5. The minimum Gasteiger partial charge on any atom is -0.497 e. The van der Waals surface area contributed by atoms with E-state index >= 15 is 0 Å². The number of nitrogens with zero attached hydrogens (tertiary/aromatic N) is 3. The van der Waals surface area contributed by atoms with E-state index in [0.29, 0.717) is 0 Å². The molecule has 0 radical (unpaired) electrons. The number of hydrogen-bond donors (Lipinski definition) is 1. The zero-order valence-corrected chi connectivity index (χ0v) is 13.8. The molecule has 3 rings (SSSR count). The number of thioether (sulfide) groups is 1. The van der Waals surface area contributed by atoms with E-state index < -0.39 is 5.60 Å². The average molecular weight is 319 g/mol. The smallest absolute Gasteiger partial charge is 0.147 e. The van der Waals surface area contributed by atoms with E-state index in [4.69, 9.17) is 4.74 Å². The molecule has 2 heterocycles. The van der Waals surface area contributed by atoms with Gasteiger partial charge in [0.25, 0.3) is 0 Å². The summed E-state index contributed by atoms with van der Waals surface area (Å²) in [6.45, 7) is 1.63. The summed E-state index contributed by atoms with van der Waals surface area (Å²) in [5.41, 5.74) is 1.16. The number of fused-ring (bicyclic) bond motifs is 1. The van der Waals surface area contributed by atoms with Gasteiger partial charge in [-0.15, -0.1) is 0 Å². The Morgan fingerprint density at radius 1 is 1.32 bits per heavy atom. The van der Waals surface area contributed by atoms with Crippen LogP contribution in [0.2, 0.25) is 0 Å². The molecule has 0 bridgehead atoms. The van der Waals surface area contributed by atoms with E-state index in [1.54, 1.807) is 25.1 Å². The number of aromatic nitrogens is 2. The van der Waals surface area contributed by atoms with Crippen molar-refractivity contribution in [2.24, 2.45) is 0 Å². The van der Waals surface area contributed by atoms with Crippen molar-refractivity contribution in [2.75, 3.05) is 37.1 Å². The van der Waals surface area contributed by atoms with Crippen LogP contribution >= 0.6 is 11.8 Å². The summed E-state index contributed by atoms with van der Waals surface area (Å²) < 4.78 is 5.21. The van der Waals surface area contributed by atoms with Gasteiger partial charge < -0.3 is 14.7 Å². The molecular weight excluding hydrogens is 298 g/mol. The highest BCUT2D eigenvalue weighted by atomic mass is 32.2. The van der Waals surface area contributed by atoms with Gasteiger partial charge in [-0.1, -0.05) is 0 Å². The molecule has 0 saturated carbocycles. The molecule has 1 aliphatic rings. The second-order valence-corrected chi connectivity index (χ2v) is 6.59. The van der Waals surface area contributed by atoms with Crippen molar-refractivity contribution in [1.29, 1.82) is 0 Å². The molecule has 0 aliphatic carbocycles. The molecule has 1 fully saturated rings. The molecule has 0 spiro atoms. The van der Waals surface area contributed by atoms with Crippen molar-refractivity contribution in [3.8, 4) is 5.75 Å². The Kier molecular flexibility index (Phi) is 4.40. The summed E-state index contributed by atoms with van der Waals surface area (Å²) in [5.74, 6) is 2.46. The Labute approximate surface area is 134 Å². The van der Waals surface area contributed by atoms with Crippen LogP contribution in [0.15, 0.2) is 24.4 Å². The van der Waals surface area contributed by atoms with Crippen LogP contribution in [-0.4, -0.2) is 52.9 Å². The third kappa shape index (κ3) is 3.13. The maximum absolute atomic E-state index is 10.5. The van der Waals surface area contributed by atoms with Gasteiger partial charge >= 0.3 is 0 Å². The number of benzene rings is 1. The monoisotopic (exact) mass is 319 g/mol. The number of ether oxygens (including phenoxy) is 1. The normalized spacial score (nSPS) is 17.7. The van der Waals surface area contributed by atoms with Crippen LogP contribution in [0.1, 0.15) is 12.8 Å². The fourth-order valence-electron chi connectivity index (χ4n) is 2.83. The van der Waals surface area contributed by atoms with Gasteiger partial charge in [-0.05, 0) is 31.2 Å². The molecule has 1 saturated heterocycles. The lowest BCUT2D eigenvalue weighted by atomic mass is 9.93. The fraction of sp³-hybridized carbons (Fsp3) is 0.500. The highest BCUT2D eigenvalue weighted by molar-refractivity contribution is 7.98. The molecule has 6 heteroatoms. The Morgan fingerprint density at radius 3 is 2.77 bits per heavy atom. The molecule has 0 atom stereocenters. The second kappa shape index (κ2) is 6.30. The van der Waals surface area contributed by atoms with Crippen LogP contribution in [0.25, 0.3) is 11.0 Å². The molecule has 1 aliphatic heterocycles. The van der Waals surface area contributed by atoms with Crippen molar-refractivity contribution < 1.29 is 9.84 Å². The summed E-state index contributed by atoms with van der Waals surface area (Å²) in [6, 6.07) is 5.71. The lowest BCUT2D eigenvalue weighted by Gasteiger charge is -2.38. The zero-order chi connectivity index (χ0) is 15.6. The van der Waals surface area contributed by atoms with Gasteiger partial charge in [0.2, 0.25) is 0 Å². The standard InChI is InChI=1S/C16H21N3O2S/c1-21-12-3-4-13-14(9-12)17-10-15(18-13)19-7-5-16(20,6-8-19)11-22-2/h3-4,9-10,20H,5-8,11H2,1-2H3. The van der Waals surface area contributed by atoms with Crippen LogP contribution in [0.4, 0.5) is 5.82 Å². The van der Waals surface area contributed by atoms with Crippen molar-refractivity contribution in [3.05, 3.63) is 24.4 Å². The minimum absolute atomic E-state index is 0.534. The number of hydrogen-bond acceptors (Lipinski definition) is 6. The third-order valence-electron chi connectivity index (χ3n) is 4.17. The lowest BCUT2D eigenvalue weighted by molar-refractivity contribution is 0.0400. The molecule has 2 aromatic rings. The van der Waals surface area contributed by atoms with Crippen LogP contribution in [0.5, 0.6) is 5.75 Å². The van der Waals surface area contributed by atoms with Crippen LogP contribution in [-0.2, 0) is 0 Å². The predicted molar refractivity (Wildman–Crippen MR) is 90.9 cm³/mol. The second-order valence-electron chi connectivity index (χ2n) is 5.73. The van der Waals surface area contributed by atoms with Crippen LogP contribution < -0.4 is 9.64 Å². The van der Waals surface area contributed by atoms with Gasteiger partial charge in [0.15, 0.2) is 0 Å². The van der Waals surface area contributed by atoms with Crippen molar-refractivity contribution in [1.82, 2.24) is 9.97 Å². The highest BCUT2D eigenvalue weighted by Gasteiger charge is 2.32. The minimum atomic E-state index is -0.534. The van der Waals surface area contributed by atoms with Crippen molar-refractivity contribution in [3.63, 3.8) is 0 Å². The number of anilines is 1. The topological polar surface area (TPSA) is 58.5 Å². The van der Waals surface area contributed by atoms with E-state index in [9.17, 15) is 5.11 Å². The maximum Gasteiger partial charge on any atom is 0.147 e. The number of rotatable bonds is 4. The summed E-state index contributed by atoms with van der Waals surface area (Å²) >= 11 is 1.70. The quantitative estimate of drug-likeness (QED) is 0.933. The van der Waals surface area contributed by atoms with E-state index in [2.05, 4.69) is 14.9 Å². The molecule has 1 aromatic heterocycles. The Morgan fingerprint density at radius 2 is 2.09 bits per heavy atom. The largest absolute Gasteiger partial charge is 0.497 e. The Bertz CT molecular complexity index is 657. The van der Waals surface area contributed by atoms with Crippen molar-refractivity contribution >= 4 is 28.6 Å². The van der Waals surface area contributed by atoms with E-state index in [1.807, 2.05) is 24.5 Å². The van der Waals surface area contributed by atoms with Gasteiger partial charge in [0.05, 0.1) is 29.9 Å². The number of piperidine rings is 1. The van der Waals surface area contributed by atoms with Gasteiger partial charge in [-0.3, -0.25) is 4.98 Å². The average Bonchev–Trinajstić information content (AvgIpc) is 2.54. The SMILES string of the molecule is COc1ccc2nc(N3CCC(O)(CSC)CC3)cnc2c1. The summed E-state index contributed by atoms with van der Waals surface area (Å²) in [5, 5.41) is 10.5. The summed E-state index contributed by atoms with van der Waals surface area (Å²) in [6.07, 6.45) is 5.39. The molecule has 0 amide bonds. The first-order chi connectivity index (χ1) is 10.6. The summed E-state index contributed by atoms with van der Waals surface area (Å²) in [4.78, 5) is 11.4. The van der Waals surface area contributed by atoms with E-state index in [-0.39, 0.29) is 0 Å². The van der Waals surface area contributed by atoms with Crippen molar-refractivity contribution in [2.45, 2.75) is 18.4 Å². The van der Waals surface area contributed by atoms with Gasteiger partial charge in [-0.25, -0.2) is 4.98 Å². The number of methoxy groups -OCH3 is 1. The predicted octanol–water partition coefficient (Wildman–Crippen LogP) is 2.33. The molecular formula is C16H21N3O2S. The number of aliphatic hydroxyl groups is 1. The van der Waals surface area contributed by atoms with Gasteiger partial charge in [0, 0.05) is 24.9 Å². The Hall–Kier alpha value is -1.53. The van der Waals surface area contributed by atoms with Gasteiger partial charge in [-0.2, -0.15) is 11.8 Å². The molecule has 118 valence electrons. The molecule has 5 nitrogen and oxygen atoms in total. The zero-order valence-electron chi connectivity index (χ0n) is 13.0. The van der Waals surface area contributed by atoms with E-state index in [0.717, 1.165) is 54.3 Å². The fourth-order valence-corrected chi connectivity index (χ4v) is 3.65. The third-order valence-corrected chi connectivity index (χ3v) is 4.99. The first-order valence-corrected chi connectivity index (χ1v) is 8.80.